The third kappa shape index (κ3) is 2.02. The first kappa shape index (κ1) is 8.70. The molecule has 0 aliphatic carbocycles. The van der Waals surface area contributed by atoms with Crippen molar-refractivity contribution in [2.24, 2.45) is 0 Å². The molecule has 1 heterocycles. The van der Waals surface area contributed by atoms with Crippen LogP contribution in [-0.4, -0.2) is 19.2 Å². The van der Waals surface area contributed by atoms with Gasteiger partial charge in [0.25, 0.3) is 4.80 Å². The van der Waals surface area contributed by atoms with Crippen molar-refractivity contribution in [3.63, 3.8) is 0 Å². The second-order valence-corrected chi connectivity index (χ2v) is 2.50. The van der Waals surface area contributed by atoms with Crippen molar-refractivity contribution in [2.45, 2.75) is 6.29 Å². The molecule has 0 fully saturated rings. The molecule has 0 saturated heterocycles. The van der Waals surface area contributed by atoms with Gasteiger partial charge in [0.15, 0.2) is 5.76 Å². The van der Waals surface area contributed by atoms with Gasteiger partial charge < -0.3 is 13.9 Å². The molecular formula is C6H8BrNO3. The van der Waals surface area contributed by atoms with Crippen molar-refractivity contribution in [3.05, 3.63) is 16.8 Å². The zero-order valence-electron chi connectivity index (χ0n) is 6.20. The fourth-order valence-corrected chi connectivity index (χ4v) is 0.991. The third-order valence-electron chi connectivity index (χ3n) is 1.16. The maximum absolute atomic E-state index is 5.08. The summed E-state index contributed by atoms with van der Waals surface area (Å²) in [6.07, 6.45) is 1.07. The second kappa shape index (κ2) is 3.85. The quantitative estimate of drug-likeness (QED) is 0.730. The molecular weight excluding hydrogens is 214 g/mol. The highest BCUT2D eigenvalue weighted by molar-refractivity contribution is 9.10. The molecule has 0 aliphatic rings. The number of rotatable bonds is 3. The number of methoxy groups -OCH3 is 2. The van der Waals surface area contributed by atoms with Crippen LogP contribution in [-0.2, 0) is 9.47 Å². The Morgan fingerprint density at radius 3 is 2.55 bits per heavy atom. The van der Waals surface area contributed by atoms with E-state index in [1.54, 1.807) is 6.20 Å². The summed E-state index contributed by atoms with van der Waals surface area (Å²) < 4.78 is 14.9. The molecule has 0 unspecified atom stereocenters. The minimum Gasteiger partial charge on any atom is -0.431 e. The van der Waals surface area contributed by atoms with Gasteiger partial charge in [0.05, 0.1) is 6.20 Å². The van der Waals surface area contributed by atoms with Crippen LogP contribution in [0.1, 0.15) is 12.1 Å². The molecule has 0 saturated carbocycles. The molecule has 0 aromatic carbocycles. The van der Waals surface area contributed by atoms with Crippen LogP contribution in [0.5, 0.6) is 0 Å². The largest absolute Gasteiger partial charge is 0.431 e. The Labute approximate surface area is 72.6 Å². The number of oxazole rings is 1. The molecule has 1 rings (SSSR count). The van der Waals surface area contributed by atoms with Crippen molar-refractivity contribution in [3.8, 4) is 0 Å². The van der Waals surface area contributed by atoms with Crippen LogP contribution in [0.15, 0.2) is 15.4 Å². The summed E-state index contributed by atoms with van der Waals surface area (Å²) in [5.74, 6) is 0.543. The summed E-state index contributed by atoms with van der Waals surface area (Å²) in [7, 11) is 3.06. The maximum Gasteiger partial charge on any atom is 0.264 e. The van der Waals surface area contributed by atoms with Crippen LogP contribution >= 0.6 is 15.9 Å². The summed E-state index contributed by atoms with van der Waals surface area (Å²) in [6, 6.07) is 0. The fraction of sp³-hybridized carbons (Fsp3) is 0.500. The fourth-order valence-electron chi connectivity index (χ4n) is 0.702. The Morgan fingerprint density at radius 1 is 1.55 bits per heavy atom. The highest BCUT2D eigenvalue weighted by atomic mass is 79.9. The van der Waals surface area contributed by atoms with Gasteiger partial charge in [0.2, 0.25) is 6.29 Å². The molecule has 1 aromatic heterocycles. The van der Waals surface area contributed by atoms with Crippen LogP contribution in [0.3, 0.4) is 0 Å². The normalized spacial score (nSPS) is 10.9. The molecule has 4 nitrogen and oxygen atoms in total. The van der Waals surface area contributed by atoms with Crippen LogP contribution < -0.4 is 0 Å². The summed E-state index contributed by atoms with van der Waals surface area (Å²) in [5.41, 5.74) is 0. The molecule has 0 amide bonds. The number of hydrogen-bond acceptors (Lipinski definition) is 4. The van der Waals surface area contributed by atoms with E-state index >= 15 is 0 Å². The Kier molecular flexibility index (Phi) is 3.04. The lowest BCUT2D eigenvalue weighted by molar-refractivity contribution is -0.118. The molecule has 5 heteroatoms. The van der Waals surface area contributed by atoms with Crippen LogP contribution in [0.2, 0.25) is 0 Å². The van der Waals surface area contributed by atoms with Gasteiger partial charge in [-0.2, -0.15) is 0 Å². The average molecular weight is 222 g/mol. The number of aromatic nitrogens is 1. The van der Waals surface area contributed by atoms with E-state index in [0.29, 0.717) is 10.6 Å². The molecule has 62 valence electrons. The number of nitrogens with zero attached hydrogens (tertiary/aromatic N) is 1. The highest BCUT2D eigenvalue weighted by Gasteiger charge is 2.13. The second-order valence-electron chi connectivity index (χ2n) is 1.82. The van der Waals surface area contributed by atoms with Gasteiger partial charge in [-0.3, -0.25) is 0 Å². The van der Waals surface area contributed by atoms with Crippen molar-refractivity contribution >= 4 is 15.9 Å². The minimum atomic E-state index is -0.478. The smallest absolute Gasteiger partial charge is 0.264 e. The zero-order valence-corrected chi connectivity index (χ0v) is 7.79. The first-order chi connectivity index (χ1) is 5.27. The Bertz CT molecular complexity index is 221. The van der Waals surface area contributed by atoms with Gasteiger partial charge in [-0.15, -0.1) is 0 Å². The van der Waals surface area contributed by atoms with Gasteiger partial charge in [-0.25, -0.2) is 4.98 Å². The molecule has 0 radical (unpaired) electrons. The molecule has 0 spiro atoms. The molecule has 11 heavy (non-hydrogen) atoms. The minimum absolute atomic E-state index is 0.423. The van der Waals surface area contributed by atoms with E-state index in [2.05, 4.69) is 20.9 Å². The highest BCUT2D eigenvalue weighted by Crippen LogP contribution is 2.20. The lowest BCUT2D eigenvalue weighted by Gasteiger charge is -2.08. The number of hydrogen-bond donors (Lipinski definition) is 0. The molecule has 0 bridgehead atoms. The molecule has 1 aromatic rings. The van der Waals surface area contributed by atoms with Gasteiger partial charge in [0.1, 0.15) is 0 Å². The van der Waals surface area contributed by atoms with E-state index in [9.17, 15) is 0 Å². The monoisotopic (exact) mass is 221 g/mol. The van der Waals surface area contributed by atoms with Crippen molar-refractivity contribution in [1.29, 1.82) is 0 Å². The van der Waals surface area contributed by atoms with E-state index in [4.69, 9.17) is 13.9 Å². The molecule has 0 aliphatic heterocycles. The Balaban J connectivity index is 2.73. The van der Waals surface area contributed by atoms with Gasteiger partial charge in [0, 0.05) is 30.1 Å². The first-order valence-electron chi connectivity index (χ1n) is 2.94. The summed E-state index contributed by atoms with van der Waals surface area (Å²) in [5, 5.41) is 0. The van der Waals surface area contributed by atoms with Gasteiger partial charge in [-0.05, 0) is 0 Å². The SMILES string of the molecule is COC(OC)c1cnc(Br)o1. The molecule has 0 atom stereocenters. The standard InChI is InChI=1S/C6H8BrNO3/c1-9-5(10-2)4-3-8-6(7)11-4/h3,5H,1-2H3. The van der Waals surface area contributed by atoms with Crippen molar-refractivity contribution in [2.75, 3.05) is 14.2 Å². The van der Waals surface area contributed by atoms with E-state index in [-0.39, 0.29) is 0 Å². The third-order valence-corrected chi connectivity index (χ3v) is 1.52. The predicted octanol–water partition coefficient (Wildman–Crippen LogP) is 1.73. The Morgan fingerprint density at radius 2 is 2.18 bits per heavy atom. The first-order valence-corrected chi connectivity index (χ1v) is 3.74. The number of halogens is 1. The maximum atomic E-state index is 5.08. The summed E-state index contributed by atoms with van der Waals surface area (Å²) in [6.45, 7) is 0. The van der Waals surface area contributed by atoms with Crippen molar-refractivity contribution in [1.82, 2.24) is 4.98 Å². The topological polar surface area (TPSA) is 44.5 Å². The van der Waals surface area contributed by atoms with E-state index in [1.165, 1.54) is 14.2 Å². The Hall–Kier alpha value is -0.390. The zero-order chi connectivity index (χ0) is 8.27. The van der Waals surface area contributed by atoms with Crippen LogP contribution in [0.25, 0.3) is 0 Å². The molecule has 0 N–H and O–H groups in total. The van der Waals surface area contributed by atoms with Crippen molar-refractivity contribution < 1.29 is 13.9 Å². The lowest BCUT2D eigenvalue weighted by Crippen LogP contribution is -2.01. The summed E-state index contributed by atoms with van der Waals surface area (Å²) >= 11 is 3.07. The van der Waals surface area contributed by atoms with Gasteiger partial charge in [-0.1, -0.05) is 0 Å². The summed E-state index contributed by atoms with van der Waals surface area (Å²) in [4.78, 5) is 4.25. The average Bonchev–Trinajstić information content (AvgIpc) is 2.39. The van der Waals surface area contributed by atoms with E-state index in [1.807, 2.05) is 0 Å². The van der Waals surface area contributed by atoms with E-state index < -0.39 is 6.29 Å². The number of ether oxygens (including phenoxy) is 2. The van der Waals surface area contributed by atoms with Gasteiger partial charge >= 0.3 is 0 Å². The van der Waals surface area contributed by atoms with E-state index in [0.717, 1.165) is 0 Å². The predicted molar refractivity (Wildman–Crippen MR) is 41.0 cm³/mol. The van der Waals surface area contributed by atoms with Crippen LogP contribution in [0, 0.1) is 0 Å². The van der Waals surface area contributed by atoms with Crippen LogP contribution in [0.4, 0.5) is 0 Å². The lowest BCUT2D eigenvalue weighted by atomic mass is 10.5.